The molecule has 0 heterocycles. The van der Waals surface area contributed by atoms with Gasteiger partial charge in [0.2, 0.25) is 0 Å². The van der Waals surface area contributed by atoms with Crippen LogP contribution in [-0.4, -0.2) is 0 Å². The van der Waals surface area contributed by atoms with E-state index in [2.05, 4.69) is 27.4 Å². The second kappa shape index (κ2) is 10.5. The summed E-state index contributed by atoms with van der Waals surface area (Å²) in [6, 6.07) is 0. The Morgan fingerprint density at radius 3 is 1.75 bits per heavy atom. The minimum absolute atomic E-state index is 0.676. The maximum atomic E-state index is 3.94. The molecule has 12 heavy (non-hydrogen) atoms. The van der Waals surface area contributed by atoms with Crippen LogP contribution in [0.3, 0.4) is 0 Å². The van der Waals surface area contributed by atoms with Crippen molar-refractivity contribution in [3.05, 3.63) is 24.3 Å². The number of hydrogen-bond acceptors (Lipinski definition) is 0. The molecule has 0 aliphatic heterocycles. The summed E-state index contributed by atoms with van der Waals surface area (Å²) in [5, 5.41) is 0. The van der Waals surface area contributed by atoms with Gasteiger partial charge in [-0.3, -0.25) is 0 Å². The second-order valence-corrected chi connectivity index (χ2v) is 3.23. The summed E-state index contributed by atoms with van der Waals surface area (Å²) in [6.07, 6.45) is 6.43. The van der Waals surface area contributed by atoms with E-state index in [1.165, 1.54) is 18.4 Å². The molecule has 0 nitrogen and oxygen atoms in total. The Morgan fingerprint density at radius 1 is 1.25 bits per heavy atom. The van der Waals surface area contributed by atoms with E-state index in [1.807, 2.05) is 26.0 Å². The fraction of sp³-hybridized carbons (Fsp3) is 0.667. The van der Waals surface area contributed by atoms with E-state index in [1.54, 1.807) is 0 Å². The Morgan fingerprint density at radius 2 is 1.67 bits per heavy atom. The van der Waals surface area contributed by atoms with Crippen molar-refractivity contribution in [2.75, 3.05) is 0 Å². The van der Waals surface area contributed by atoms with Gasteiger partial charge in [0, 0.05) is 0 Å². The van der Waals surface area contributed by atoms with Crippen molar-refractivity contribution < 1.29 is 0 Å². The van der Waals surface area contributed by atoms with E-state index in [9.17, 15) is 0 Å². The third-order valence-electron chi connectivity index (χ3n) is 1.72. The molecule has 0 aromatic rings. The van der Waals surface area contributed by atoms with Crippen molar-refractivity contribution in [2.45, 2.75) is 47.5 Å². The maximum absolute atomic E-state index is 3.94. The lowest BCUT2D eigenvalue weighted by Gasteiger charge is -2.05. The Kier molecular flexibility index (Phi) is 12.3. The molecule has 72 valence electrons. The Hall–Kier alpha value is -0.520. The Bertz CT molecular complexity index is 114. The van der Waals surface area contributed by atoms with Crippen molar-refractivity contribution in [1.82, 2.24) is 0 Å². The maximum Gasteiger partial charge on any atom is -0.0263 e. The molecule has 0 heteroatoms. The van der Waals surface area contributed by atoms with Gasteiger partial charge in [-0.2, -0.15) is 0 Å². The quantitative estimate of drug-likeness (QED) is 0.541. The molecule has 0 bridgehead atoms. The van der Waals surface area contributed by atoms with Crippen LogP contribution in [0.15, 0.2) is 24.3 Å². The van der Waals surface area contributed by atoms with Crippen LogP contribution in [0.4, 0.5) is 0 Å². The normalized spacial score (nSPS) is 9.83. The first-order valence-corrected chi connectivity index (χ1v) is 4.85. The molecule has 0 aromatic heterocycles. The molecule has 0 aliphatic carbocycles. The first kappa shape index (κ1) is 14.0. The highest BCUT2D eigenvalue weighted by Crippen LogP contribution is 2.11. The summed E-state index contributed by atoms with van der Waals surface area (Å²) in [5.41, 5.74) is 1.38. The fourth-order valence-corrected chi connectivity index (χ4v) is 0.610. The minimum atomic E-state index is 0.676. The highest BCUT2D eigenvalue weighted by molar-refractivity contribution is 4.96. The molecule has 0 radical (unpaired) electrons. The molecular formula is C12H24. The van der Waals surface area contributed by atoms with Crippen LogP contribution in [0, 0.1) is 5.92 Å². The van der Waals surface area contributed by atoms with Crippen LogP contribution >= 0.6 is 0 Å². The van der Waals surface area contributed by atoms with Crippen molar-refractivity contribution in [2.24, 2.45) is 5.92 Å². The van der Waals surface area contributed by atoms with E-state index < -0.39 is 0 Å². The van der Waals surface area contributed by atoms with Gasteiger partial charge < -0.3 is 0 Å². The molecule has 0 spiro atoms. The summed E-state index contributed by atoms with van der Waals surface area (Å²) in [7, 11) is 0. The molecule has 0 atom stereocenters. The topological polar surface area (TPSA) is 0 Å². The molecule has 0 unspecified atom stereocenters. The average molecular weight is 168 g/mol. The first-order chi connectivity index (χ1) is 5.59. The van der Waals surface area contributed by atoms with Crippen molar-refractivity contribution in [1.29, 1.82) is 0 Å². The SMILES string of the molecule is C/C=C\C.C=C(CCC)C(C)C. The third-order valence-corrected chi connectivity index (χ3v) is 1.72. The van der Waals surface area contributed by atoms with Gasteiger partial charge in [-0.15, -0.1) is 0 Å². The number of hydrogen-bond donors (Lipinski definition) is 0. The number of rotatable bonds is 3. The predicted octanol–water partition coefficient (Wildman–Crippen LogP) is 4.58. The van der Waals surface area contributed by atoms with Crippen molar-refractivity contribution >= 4 is 0 Å². The van der Waals surface area contributed by atoms with E-state index in [-0.39, 0.29) is 0 Å². The Balaban J connectivity index is 0. The van der Waals surface area contributed by atoms with Crippen LogP contribution < -0.4 is 0 Å². The number of allylic oxidation sites excluding steroid dienone is 3. The van der Waals surface area contributed by atoms with E-state index in [0.717, 1.165) is 0 Å². The highest BCUT2D eigenvalue weighted by Gasteiger charge is 1.95. The summed E-state index contributed by atoms with van der Waals surface area (Å²) in [4.78, 5) is 0. The monoisotopic (exact) mass is 168 g/mol. The Labute approximate surface area is 78.4 Å². The first-order valence-electron chi connectivity index (χ1n) is 4.85. The molecule has 0 amide bonds. The smallest absolute Gasteiger partial charge is 0.0263 e. The molecule has 0 saturated carbocycles. The van der Waals surface area contributed by atoms with Crippen LogP contribution in [0.2, 0.25) is 0 Å². The zero-order valence-corrected chi connectivity index (χ0v) is 9.35. The van der Waals surface area contributed by atoms with Gasteiger partial charge in [0.1, 0.15) is 0 Å². The summed E-state index contributed by atoms with van der Waals surface area (Å²) < 4.78 is 0. The van der Waals surface area contributed by atoms with Crippen molar-refractivity contribution in [3.63, 3.8) is 0 Å². The summed E-state index contributed by atoms with van der Waals surface area (Å²) in [6.45, 7) is 14.5. The van der Waals surface area contributed by atoms with Crippen LogP contribution in [0.1, 0.15) is 47.5 Å². The zero-order chi connectivity index (χ0) is 9.98. The third kappa shape index (κ3) is 12.2. The van der Waals surface area contributed by atoms with Gasteiger partial charge >= 0.3 is 0 Å². The van der Waals surface area contributed by atoms with Crippen LogP contribution in [-0.2, 0) is 0 Å². The lowest BCUT2D eigenvalue weighted by atomic mass is 10.0. The highest BCUT2D eigenvalue weighted by atomic mass is 14.0. The largest absolute Gasteiger partial charge is 0.0996 e. The standard InChI is InChI=1S/C8H16.C4H8/c1-5-6-8(4)7(2)3;1-3-4-2/h7H,4-6H2,1-3H3;3-4H,1-2H3/b;4-3-. The molecule has 0 aromatic carbocycles. The molecule has 0 aliphatic rings. The summed E-state index contributed by atoms with van der Waals surface area (Å²) in [5.74, 6) is 0.676. The van der Waals surface area contributed by atoms with E-state index >= 15 is 0 Å². The molecule has 0 N–H and O–H groups in total. The minimum Gasteiger partial charge on any atom is -0.0996 e. The van der Waals surface area contributed by atoms with E-state index in [0.29, 0.717) is 5.92 Å². The van der Waals surface area contributed by atoms with Crippen molar-refractivity contribution in [3.8, 4) is 0 Å². The second-order valence-electron chi connectivity index (χ2n) is 3.23. The molecule has 0 saturated heterocycles. The van der Waals surface area contributed by atoms with Crippen LogP contribution in [0.5, 0.6) is 0 Å². The summed E-state index contributed by atoms with van der Waals surface area (Å²) >= 11 is 0. The van der Waals surface area contributed by atoms with E-state index in [4.69, 9.17) is 0 Å². The van der Waals surface area contributed by atoms with Gasteiger partial charge in [0.05, 0.1) is 0 Å². The molecule has 0 fully saturated rings. The zero-order valence-electron chi connectivity index (χ0n) is 9.35. The van der Waals surface area contributed by atoms with Gasteiger partial charge in [0.15, 0.2) is 0 Å². The van der Waals surface area contributed by atoms with Gasteiger partial charge in [0.25, 0.3) is 0 Å². The fourth-order valence-electron chi connectivity index (χ4n) is 0.610. The van der Waals surface area contributed by atoms with Gasteiger partial charge in [-0.25, -0.2) is 0 Å². The van der Waals surface area contributed by atoms with Gasteiger partial charge in [-0.1, -0.05) is 51.5 Å². The predicted molar refractivity (Wildman–Crippen MR) is 59.4 cm³/mol. The molecular weight excluding hydrogens is 144 g/mol. The van der Waals surface area contributed by atoms with Gasteiger partial charge in [-0.05, 0) is 26.2 Å². The average Bonchev–Trinajstić information content (AvgIpc) is 2.05. The lowest BCUT2D eigenvalue weighted by Crippen LogP contribution is -1.90. The van der Waals surface area contributed by atoms with Crippen LogP contribution in [0.25, 0.3) is 0 Å². The molecule has 0 rings (SSSR count). The lowest BCUT2D eigenvalue weighted by molar-refractivity contribution is 0.706.